The molecule has 182 valence electrons. The zero-order valence-electron chi connectivity index (χ0n) is 19.1. The Morgan fingerprint density at radius 1 is 1.06 bits per heavy atom. The molecule has 4 aromatic rings. The van der Waals surface area contributed by atoms with Crippen LogP contribution < -0.4 is 15.4 Å². The average molecular weight is 520 g/mol. The second-order valence-corrected chi connectivity index (χ2v) is 11.2. The Morgan fingerprint density at radius 2 is 1.83 bits per heavy atom. The number of aromatic nitrogens is 1. The van der Waals surface area contributed by atoms with Crippen LogP contribution in [0.15, 0.2) is 82.7 Å². The highest BCUT2D eigenvalue weighted by molar-refractivity contribution is 7.91. The van der Waals surface area contributed by atoms with Crippen LogP contribution in [0.5, 0.6) is 5.75 Å². The van der Waals surface area contributed by atoms with Crippen molar-refractivity contribution in [3.63, 3.8) is 0 Å². The van der Waals surface area contributed by atoms with Crippen LogP contribution in [-0.2, 0) is 22.8 Å². The van der Waals surface area contributed by atoms with Gasteiger partial charge in [0.15, 0.2) is 0 Å². The summed E-state index contributed by atoms with van der Waals surface area (Å²) in [6.45, 7) is 0.270. The molecule has 0 spiro atoms. The van der Waals surface area contributed by atoms with Gasteiger partial charge in [0.05, 0.1) is 39.7 Å². The Balaban J connectivity index is 1.29. The molecule has 2 heterocycles. The molecule has 1 aromatic heterocycles. The number of thiazole rings is 1. The number of nitrogens with zero attached hydrogens (tertiary/aromatic N) is 1. The van der Waals surface area contributed by atoms with Gasteiger partial charge in [0, 0.05) is 23.1 Å². The molecule has 0 unspecified atom stereocenters. The third-order valence-corrected chi connectivity index (χ3v) is 8.61. The topological polar surface area (TPSA) is 114 Å². The van der Waals surface area contributed by atoms with Crippen molar-refractivity contribution in [2.45, 2.75) is 22.8 Å². The van der Waals surface area contributed by atoms with E-state index in [1.54, 1.807) is 25.4 Å². The molecule has 5 rings (SSSR count). The molecule has 0 saturated carbocycles. The predicted molar refractivity (Wildman–Crippen MR) is 135 cm³/mol. The number of nitrogens with one attached hydrogen (secondary N) is 2. The van der Waals surface area contributed by atoms with E-state index in [1.807, 2.05) is 24.3 Å². The van der Waals surface area contributed by atoms with Crippen molar-refractivity contribution in [1.82, 2.24) is 10.3 Å². The number of carbonyl (C=O) groups excluding carboxylic acids is 2. The van der Waals surface area contributed by atoms with Crippen molar-refractivity contribution in [3.8, 4) is 5.75 Å². The van der Waals surface area contributed by atoms with Gasteiger partial charge in [0.1, 0.15) is 5.75 Å². The Kier molecular flexibility index (Phi) is 6.29. The number of hydrogen-bond donors (Lipinski definition) is 2. The smallest absolute Gasteiger partial charge is 0.257 e. The van der Waals surface area contributed by atoms with Crippen molar-refractivity contribution in [1.29, 1.82) is 0 Å². The maximum Gasteiger partial charge on any atom is 0.257 e. The van der Waals surface area contributed by atoms with Gasteiger partial charge < -0.3 is 15.4 Å². The Hall–Kier alpha value is -4.02. The van der Waals surface area contributed by atoms with Crippen molar-refractivity contribution in [2.24, 2.45) is 0 Å². The molecular weight excluding hydrogens is 498 g/mol. The summed E-state index contributed by atoms with van der Waals surface area (Å²) in [5.41, 5.74) is 1.47. The largest absolute Gasteiger partial charge is 0.497 e. The Bertz CT molecular complexity index is 1580. The number of benzene rings is 3. The lowest BCUT2D eigenvalue weighted by Crippen LogP contribution is -2.22. The highest BCUT2D eigenvalue weighted by Gasteiger charge is 2.31. The van der Waals surface area contributed by atoms with E-state index < -0.39 is 21.7 Å². The molecule has 2 amide bonds. The number of rotatable bonds is 6. The molecule has 3 aromatic carbocycles. The van der Waals surface area contributed by atoms with Crippen LogP contribution in [0.25, 0.3) is 0 Å². The van der Waals surface area contributed by atoms with Gasteiger partial charge in [0.25, 0.3) is 11.8 Å². The van der Waals surface area contributed by atoms with E-state index in [9.17, 15) is 18.0 Å². The van der Waals surface area contributed by atoms with Crippen molar-refractivity contribution in [3.05, 3.63) is 99.5 Å². The van der Waals surface area contributed by atoms with Gasteiger partial charge in [-0.2, -0.15) is 0 Å². The minimum atomic E-state index is -3.92. The number of ether oxygens (including phenoxy) is 1. The summed E-state index contributed by atoms with van der Waals surface area (Å²) in [6, 6.07) is 18.0. The minimum absolute atomic E-state index is 0.0528. The second-order valence-electron chi connectivity index (χ2n) is 8.09. The predicted octanol–water partition coefficient (Wildman–Crippen LogP) is 4.07. The van der Waals surface area contributed by atoms with E-state index in [4.69, 9.17) is 4.74 Å². The quantitative estimate of drug-likeness (QED) is 0.397. The molecule has 0 atom stereocenters. The van der Waals surface area contributed by atoms with Gasteiger partial charge in [-0.3, -0.25) is 9.59 Å². The average Bonchev–Trinajstić information content (AvgIpc) is 3.31. The number of sulfone groups is 1. The number of carbonyl (C=O) groups is 2. The Labute approximate surface area is 211 Å². The summed E-state index contributed by atoms with van der Waals surface area (Å²) in [5, 5.41) is 6.37. The van der Waals surface area contributed by atoms with E-state index in [0.717, 1.165) is 21.2 Å². The molecule has 8 nitrogen and oxygen atoms in total. The van der Waals surface area contributed by atoms with E-state index in [-0.39, 0.29) is 33.2 Å². The summed E-state index contributed by atoms with van der Waals surface area (Å²) in [5.74, 6) is -0.142. The number of anilines is 1. The van der Waals surface area contributed by atoms with Crippen LogP contribution in [0.4, 0.5) is 5.69 Å². The molecule has 0 radical (unpaired) electrons. The highest BCUT2D eigenvalue weighted by Crippen LogP contribution is 2.34. The summed E-state index contributed by atoms with van der Waals surface area (Å²) in [4.78, 5) is 30.6. The maximum atomic E-state index is 13.1. The third-order valence-electron chi connectivity index (χ3n) is 5.74. The summed E-state index contributed by atoms with van der Waals surface area (Å²) >= 11 is 1.50. The lowest BCUT2D eigenvalue weighted by atomic mass is 10.1. The van der Waals surface area contributed by atoms with Crippen LogP contribution in [0, 0.1) is 0 Å². The molecule has 0 aliphatic carbocycles. The molecule has 0 fully saturated rings. The molecule has 0 bridgehead atoms. The monoisotopic (exact) mass is 519 g/mol. The first kappa shape index (κ1) is 23.7. The van der Waals surface area contributed by atoms with Gasteiger partial charge in [-0.05, 0) is 48.0 Å². The number of hydrogen-bond acceptors (Lipinski definition) is 7. The zero-order chi connectivity index (χ0) is 25.3. The van der Waals surface area contributed by atoms with Gasteiger partial charge in [-0.1, -0.05) is 24.3 Å². The lowest BCUT2D eigenvalue weighted by Gasteiger charge is -2.10. The summed E-state index contributed by atoms with van der Waals surface area (Å²) < 4.78 is 31.4. The molecule has 36 heavy (non-hydrogen) atoms. The fraction of sp³-hybridized carbons (Fsp3) is 0.115. The number of amides is 2. The zero-order valence-corrected chi connectivity index (χ0v) is 20.8. The molecule has 1 aliphatic rings. The van der Waals surface area contributed by atoms with Gasteiger partial charge in [-0.15, -0.1) is 11.3 Å². The second kappa shape index (κ2) is 9.56. The first-order valence-corrected chi connectivity index (χ1v) is 13.3. The van der Waals surface area contributed by atoms with E-state index in [2.05, 4.69) is 15.6 Å². The van der Waals surface area contributed by atoms with Crippen LogP contribution in [0.2, 0.25) is 0 Å². The van der Waals surface area contributed by atoms with Gasteiger partial charge in [-0.25, -0.2) is 13.4 Å². The normalized spacial score (nSPS) is 13.6. The van der Waals surface area contributed by atoms with Gasteiger partial charge in [0.2, 0.25) is 9.84 Å². The first-order chi connectivity index (χ1) is 17.3. The first-order valence-electron chi connectivity index (χ1n) is 11.0. The highest BCUT2D eigenvalue weighted by atomic mass is 32.2. The third kappa shape index (κ3) is 4.60. The molecule has 10 heteroatoms. The molecular formula is C26H21N3O5S2. The number of fused-ring (bicyclic) bond motifs is 2. The Morgan fingerprint density at radius 3 is 2.61 bits per heavy atom. The SMILES string of the molecule is COc1ccc(Cc2ncc(CNC(=O)c3ccc4c(c3)NC(=O)c3ccccc3S4(=O)=O)s2)cc1. The molecule has 2 N–H and O–H groups in total. The summed E-state index contributed by atoms with van der Waals surface area (Å²) in [6.07, 6.45) is 2.40. The van der Waals surface area contributed by atoms with E-state index >= 15 is 0 Å². The van der Waals surface area contributed by atoms with E-state index in [1.165, 1.54) is 41.7 Å². The number of methoxy groups -OCH3 is 1. The summed E-state index contributed by atoms with van der Waals surface area (Å²) in [7, 11) is -2.30. The minimum Gasteiger partial charge on any atom is -0.497 e. The fourth-order valence-electron chi connectivity index (χ4n) is 3.90. The fourth-order valence-corrected chi connectivity index (χ4v) is 6.39. The molecule has 1 aliphatic heterocycles. The van der Waals surface area contributed by atoms with Gasteiger partial charge >= 0.3 is 0 Å². The molecule has 0 saturated heterocycles. The van der Waals surface area contributed by atoms with E-state index in [0.29, 0.717) is 6.42 Å². The van der Waals surface area contributed by atoms with Crippen LogP contribution in [0.1, 0.15) is 36.2 Å². The van der Waals surface area contributed by atoms with Crippen LogP contribution in [-0.4, -0.2) is 32.3 Å². The van der Waals surface area contributed by atoms with Crippen molar-refractivity contribution in [2.75, 3.05) is 12.4 Å². The van der Waals surface area contributed by atoms with Crippen LogP contribution in [0.3, 0.4) is 0 Å². The maximum absolute atomic E-state index is 13.1. The lowest BCUT2D eigenvalue weighted by molar-refractivity contribution is 0.0949. The standard InChI is InChI=1S/C26H21N3O5S2/c1-34-18-9-6-16(7-10-18)12-24-27-14-19(35-24)15-28-25(30)17-8-11-23-21(13-17)29-26(31)20-4-2-3-5-22(20)36(23,32)33/h2-11,13-14H,12,15H2,1H3,(H,28,30)(H,29,31). The van der Waals surface area contributed by atoms with Crippen molar-refractivity contribution < 1.29 is 22.7 Å². The van der Waals surface area contributed by atoms with Crippen LogP contribution >= 0.6 is 11.3 Å². The van der Waals surface area contributed by atoms with Crippen molar-refractivity contribution >= 4 is 38.7 Å².